The zero-order valence-corrected chi connectivity index (χ0v) is 27.4. The Labute approximate surface area is 290 Å². The van der Waals surface area contributed by atoms with E-state index in [0.717, 1.165) is 33.4 Å². The molecule has 0 unspecified atom stereocenters. The summed E-state index contributed by atoms with van der Waals surface area (Å²) in [5, 5.41) is 11.2. The van der Waals surface area contributed by atoms with Gasteiger partial charge < -0.3 is 26.0 Å². The van der Waals surface area contributed by atoms with E-state index in [0.29, 0.717) is 18.9 Å². The Hall–Kier alpha value is -6.29. The monoisotopic (exact) mass is 667 g/mol. The highest BCUT2D eigenvalue weighted by Gasteiger charge is 2.22. The van der Waals surface area contributed by atoms with Crippen LogP contribution in [0.1, 0.15) is 35.1 Å². The third-order valence-electron chi connectivity index (χ3n) is 8.21. The number of nitrogens with one attached hydrogen (secondary N) is 4. The SMILES string of the molecule is O=C1CCC(=O)N[C@@H](Cc2ccccc2)C(=O)Nc2cccc(n2)NC(=O)Cc2ccc(cc2)-c2ccc(cc2)COc2ccc(cc2)CN1. The van der Waals surface area contributed by atoms with Gasteiger partial charge in [0.05, 0.1) is 6.42 Å². The highest BCUT2D eigenvalue weighted by atomic mass is 16.5. The van der Waals surface area contributed by atoms with Gasteiger partial charge in [-0.3, -0.25) is 19.2 Å². The molecule has 10 nitrogen and oxygen atoms in total. The molecule has 9 rings (SSSR count). The van der Waals surface area contributed by atoms with Crippen molar-refractivity contribution in [2.24, 2.45) is 0 Å². The number of benzene rings is 4. The van der Waals surface area contributed by atoms with E-state index >= 15 is 0 Å². The van der Waals surface area contributed by atoms with Crippen LogP contribution in [0.3, 0.4) is 0 Å². The minimum absolute atomic E-state index is 0.0429. The number of aromatic nitrogens is 1. The van der Waals surface area contributed by atoms with Gasteiger partial charge >= 0.3 is 0 Å². The van der Waals surface area contributed by atoms with Crippen LogP contribution in [0.5, 0.6) is 5.75 Å². The van der Waals surface area contributed by atoms with Crippen LogP contribution < -0.4 is 26.0 Å². The first-order valence-electron chi connectivity index (χ1n) is 16.4. The van der Waals surface area contributed by atoms with Crippen molar-refractivity contribution in [3.63, 3.8) is 0 Å². The lowest BCUT2D eigenvalue weighted by atomic mass is 10.0. The summed E-state index contributed by atoms with van der Waals surface area (Å²) in [5.41, 5.74) is 5.66. The lowest BCUT2D eigenvalue weighted by molar-refractivity contribution is -0.128. The summed E-state index contributed by atoms with van der Waals surface area (Å²) in [5.74, 6) is -0.263. The first kappa shape index (κ1) is 33.6. The van der Waals surface area contributed by atoms with Gasteiger partial charge in [-0.25, -0.2) is 4.98 Å². The van der Waals surface area contributed by atoms with Crippen molar-refractivity contribution in [1.82, 2.24) is 15.6 Å². The molecular weight excluding hydrogens is 630 g/mol. The van der Waals surface area contributed by atoms with Crippen LogP contribution in [0.25, 0.3) is 11.1 Å². The van der Waals surface area contributed by atoms with Crippen LogP contribution in [0.15, 0.2) is 121 Å². The van der Waals surface area contributed by atoms with E-state index < -0.39 is 17.9 Å². The van der Waals surface area contributed by atoms with E-state index in [4.69, 9.17) is 4.74 Å². The number of pyridine rings is 1. The van der Waals surface area contributed by atoms with Gasteiger partial charge in [0.1, 0.15) is 30.0 Å². The van der Waals surface area contributed by atoms with E-state index in [1.165, 1.54) is 0 Å². The molecule has 5 aromatic rings. The maximum atomic E-state index is 13.5. The molecule has 0 aliphatic carbocycles. The number of amides is 4. The molecule has 5 heterocycles. The quantitative estimate of drug-likeness (QED) is 0.194. The van der Waals surface area contributed by atoms with Crippen LogP contribution in [0, 0.1) is 0 Å². The van der Waals surface area contributed by atoms with E-state index in [1.807, 2.05) is 103 Å². The van der Waals surface area contributed by atoms with E-state index in [-0.39, 0.29) is 49.1 Å². The molecule has 10 heteroatoms. The second kappa shape index (κ2) is 16.2. The number of carbonyl (C=O) groups excluding carboxylic acids is 4. The molecule has 0 fully saturated rings. The summed E-state index contributed by atoms with van der Waals surface area (Å²) in [6.45, 7) is 0.701. The topological polar surface area (TPSA) is 139 Å². The van der Waals surface area contributed by atoms with Crippen molar-refractivity contribution in [1.29, 1.82) is 0 Å². The fourth-order valence-corrected chi connectivity index (χ4v) is 5.48. The molecule has 0 radical (unpaired) electrons. The first-order chi connectivity index (χ1) is 24.4. The van der Waals surface area contributed by atoms with Crippen LogP contribution in [0.4, 0.5) is 11.6 Å². The maximum absolute atomic E-state index is 13.5. The predicted molar refractivity (Wildman–Crippen MR) is 191 cm³/mol. The molecule has 4 aliphatic heterocycles. The highest BCUT2D eigenvalue weighted by Crippen LogP contribution is 2.22. The summed E-state index contributed by atoms with van der Waals surface area (Å²) < 4.78 is 5.97. The first-order valence-corrected chi connectivity index (χ1v) is 16.4. The molecule has 4 aromatic carbocycles. The Kier molecular flexibility index (Phi) is 10.9. The van der Waals surface area contributed by atoms with Crippen molar-refractivity contribution < 1.29 is 23.9 Å². The fourth-order valence-electron chi connectivity index (χ4n) is 5.48. The maximum Gasteiger partial charge on any atom is 0.248 e. The largest absolute Gasteiger partial charge is 0.489 e. The number of anilines is 2. The minimum Gasteiger partial charge on any atom is -0.489 e. The number of ether oxygens (including phenoxy) is 1. The molecule has 0 spiro atoms. The molecule has 0 saturated heterocycles. The average Bonchev–Trinajstić information content (AvgIpc) is 3.13. The molecule has 4 aliphatic rings. The summed E-state index contributed by atoms with van der Waals surface area (Å²) in [6.07, 6.45) is 0.225. The number of carbonyl (C=O) groups is 4. The molecule has 1 aromatic heterocycles. The summed E-state index contributed by atoms with van der Waals surface area (Å²) in [6, 6.07) is 36.7. The number of fused-ring (bicyclic) bond motifs is 3. The Morgan fingerprint density at radius 1 is 0.600 bits per heavy atom. The van der Waals surface area contributed by atoms with Gasteiger partial charge in [-0.1, -0.05) is 97.1 Å². The summed E-state index contributed by atoms with van der Waals surface area (Å²) in [7, 11) is 0. The van der Waals surface area contributed by atoms with Gasteiger partial charge in [-0.15, -0.1) is 0 Å². The zero-order chi connectivity index (χ0) is 34.7. The number of rotatable bonds is 2. The molecule has 50 heavy (non-hydrogen) atoms. The Morgan fingerprint density at radius 3 is 1.92 bits per heavy atom. The van der Waals surface area contributed by atoms with Gasteiger partial charge in [0.2, 0.25) is 23.6 Å². The van der Waals surface area contributed by atoms with Crippen molar-refractivity contribution in [3.05, 3.63) is 144 Å². The van der Waals surface area contributed by atoms with Crippen LogP contribution >= 0.6 is 0 Å². The molecule has 252 valence electrons. The van der Waals surface area contributed by atoms with Crippen molar-refractivity contribution >= 4 is 35.3 Å². The number of hydrogen-bond acceptors (Lipinski definition) is 6. The standard InChI is InChI=1S/C40H37N5O5/c46-37-21-22-38(47)42-34(23-27-5-2-1-3-6-27)40(49)45-36-8-4-7-35(43-36)44-39(48)24-28-9-15-31(16-10-28)32-17-11-30(12-18-32)26-50-33-19-13-29(14-20-33)25-41-37/h1-20,34H,21-26H2,(H,41,46)(H,42,47)(H2,43,44,45,48,49)/t34-/m0/s1. The van der Waals surface area contributed by atoms with Crippen LogP contribution in [0.2, 0.25) is 0 Å². The van der Waals surface area contributed by atoms with E-state index in [9.17, 15) is 19.2 Å². The van der Waals surface area contributed by atoms with Crippen molar-refractivity contribution in [3.8, 4) is 16.9 Å². The van der Waals surface area contributed by atoms with Gasteiger partial charge in [0.25, 0.3) is 0 Å². The highest BCUT2D eigenvalue weighted by molar-refractivity contribution is 5.97. The van der Waals surface area contributed by atoms with Crippen LogP contribution in [-0.4, -0.2) is 34.7 Å². The number of nitrogens with zero attached hydrogens (tertiary/aromatic N) is 1. The fraction of sp³-hybridized carbons (Fsp3) is 0.175. The summed E-state index contributed by atoms with van der Waals surface area (Å²) >= 11 is 0. The minimum atomic E-state index is -0.935. The zero-order valence-electron chi connectivity index (χ0n) is 27.4. The van der Waals surface area contributed by atoms with Gasteiger partial charge in [0, 0.05) is 25.8 Å². The van der Waals surface area contributed by atoms with E-state index in [1.54, 1.807) is 18.2 Å². The normalized spacial score (nSPS) is 16.0. The van der Waals surface area contributed by atoms with Crippen molar-refractivity contribution in [2.75, 3.05) is 10.6 Å². The Bertz CT molecular complexity index is 1950. The van der Waals surface area contributed by atoms with Gasteiger partial charge in [-0.2, -0.15) is 0 Å². The van der Waals surface area contributed by atoms with Gasteiger partial charge in [0.15, 0.2) is 0 Å². The Balaban J connectivity index is 1.20. The molecule has 4 amide bonds. The molecule has 0 saturated carbocycles. The third kappa shape index (κ3) is 9.63. The average molecular weight is 668 g/mol. The number of hydrogen-bond donors (Lipinski definition) is 4. The second-order valence-electron chi connectivity index (χ2n) is 12.0. The second-order valence-corrected chi connectivity index (χ2v) is 12.0. The Morgan fingerprint density at radius 2 is 1.22 bits per heavy atom. The third-order valence-corrected chi connectivity index (χ3v) is 8.21. The summed E-state index contributed by atoms with van der Waals surface area (Å²) in [4.78, 5) is 56.3. The van der Waals surface area contributed by atoms with E-state index in [2.05, 4.69) is 26.3 Å². The molecular formula is C40H37N5O5. The predicted octanol–water partition coefficient (Wildman–Crippen LogP) is 5.58. The lowest BCUT2D eigenvalue weighted by Gasteiger charge is -2.19. The lowest BCUT2D eigenvalue weighted by Crippen LogP contribution is -2.45. The molecule has 4 N–H and O–H groups in total. The van der Waals surface area contributed by atoms with Crippen LogP contribution in [-0.2, 0) is 45.2 Å². The smallest absolute Gasteiger partial charge is 0.248 e. The van der Waals surface area contributed by atoms with Crippen molar-refractivity contribution in [2.45, 2.75) is 44.9 Å². The molecule has 8 bridgehead atoms. The van der Waals surface area contributed by atoms with Gasteiger partial charge in [-0.05, 0) is 57.6 Å². The molecule has 1 atom stereocenters.